The Morgan fingerprint density at radius 2 is 1.24 bits per heavy atom. The predicted octanol–water partition coefficient (Wildman–Crippen LogP) is 19.3. The van der Waals surface area contributed by atoms with E-state index in [0.29, 0.717) is 5.92 Å². The van der Waals surface area contributed by atoms with Gasteiger partial charge in [-0.3, -0.25) is 4.99 Å². The zero-order valence-electron chi connectivity index (χ0n) is 42.6. The third kappa shape index (κ3) is 9.88. The van der Waals surface area contributed by atoms with Crippen molar-refractivity contribution in [2.75, 3.05) is 11.4 Å². The SMILES string of the molecule is C.C=Cc1c(C=C)n(CC2CC=C(c3ccc(CC(C)CN=C/C(=C\C)c4ccc(N(c5ccccc5)c5cccc6ccccc56)cc4)cc3)C=C2n2c3ccccc3c3ccccc32)c2ccccc12.CC. The number of hydrogen-bond acceptors (Lipinski definition) is 2. The van der Waals surface area contributed by atoms with Gasteiger partial charge in [0.2, 0.25) is 0 Å². The Morgan fingerprint density at radius 1 is 0.649 bits per heavy atom. The highest BCUT2D eigenvalue weighted by Crippen LogP contribution is 2.42. The molecule has 11 rings (SSSR count). The van der Waals surface area contributed by atoms with Crippen LogP contribution in [0, 0.1) is 11.8 Å². The Morgan fingerprint density at radius 3 is 1.91 bits per heavy atom. The molecule has 0 N–H and O–H groups in total. The molecule has 0 radical (unpaired) electrons. The summed E-state index contributed by atoms with van der Waals surface area (Å²) in [6.07, 6.45) is 14.9. The average Bonchev–Trinajstić information content (AvgIpc) is 3.95. The summed E-state index contributed by atoms with van der Waals surface area (Å²) in [7, 11) is 0. The first-order valence-electron chi connectivity index (χ1n) is 26.0. The van der Waals surface area contributed by atoms with Crippen molar-refractivity contribution < 1.29 is 0 Å². The molecule has 8 aromatic carbocycles. The number of nitrogens with zero attached hydrogens (tertiary/aromatic N) is 4. The summed E-state index contributed by atoms with van der Waals surface area (Å²) >= 11 is 0. The second-order valence-corrected chi connectivity index (χ2v) is 18.8. The lowest BCUT2D eigenvalue weighted by Crippen LogP contribution is -2.19. The number of para-hydroxylation sites is 4. The van der Waals surface area contributed by atoms with Gasteiger partial charge < -0.3 is 14.0 Å². The van der Waals surface area contributed by atoms with Gasteiger partial charge >= 0.3 is 0 Å². The van der Waals surface area contributed by atoms with Gasteiger partial charge in [0.05, 0.1) is 16.7 Å². The van der Waals surface area contributed by atoms with E-state index in [4.69, 9.17) is 4.99 Å². The fourth-order valence-corrected chi connectivity index (χ4v) is 10.9. The molecule has 0 amide bonds. The molecule has 368 valence electrons. The van der Waals surface area contributed by atoms with E-state index in [1.54, 1.807) is 0 Å². The zero-order chi connectivity index (χ0) is 50.3. The topological polar surface area (TPSA) is 25.5 Å². The van der Waals surface area contributed by atoms with Gasteiger partial charge in [-0.15, -0.1) is 0 Å². The van der Waals surface area contributed by atoms with Crippen molar-refractivity contribution in [1.29, 1.82) is 0 Å². The fourth-order valence-electron chi connectivity index (χ4n) is 10.9. The van der Waals surface area contributed by atoms with Gasteiger partial charge in [-0.2, -0.15) is 0 Å². The molecule has 10 aromatic rings. The lowest BCUT2D eigenvalue weighted by Gasteiger charge is -2.28. The molecule has 0 saturated carbocycles. The van der Waals surface area contributed by atoms with Crippen molar-refractivity contribution in [2.24, 2.45) is 16.8 Å². The highest BCUT2D eigenvalue weighted by molar-refractivity contribution is 6.11. The van der Waals surface area contributed by atoms with Crippen LogP contribution >= 0.6 is 0 Å². The molecule has 0 fully saturated rings. The molecule has 1 aliphatic rings. The summed E-state index contributed by atoms with van der Waals surface area (Å²) in [6.45, 7) is 18.4. The Kier molecular flexibility index (Phi) is 15.7. The number of hydrogen-bond donors (Lipinski definition) is 0. The maximum atomic E-state index is 5.00. The van der Waals surface area contributed by atoms with E-state index in [2.05, 4.69) is 253 Å². The number of anilines is 3. The molecule has 2 aromatic heterocycles. The third-order valence-electron chi connectivity index (χ3n) is 14.3. The lowest BCUT2D eigenvalue weighted by atomic mass is 9.88. The van der Waals surface area contributed by atoms with E-state index in [1.807, 2.05) is 32.2 Å². The number of benzene rings is 8. The van der Waals surface area contributed by atoms with E-state index in [1.165, 1.54) is 65.9 Å². The monoisotopic (exact) mass is 965 g/mol. The van der Waals surface area contributed by atoms with Crippen molar-refractivity contribution in [3.8, 4) is 0 Å². The largest absolute Gasteiger partial charge is 0.340 e. The average molecular weight is 965 g/mol. The summed E-state index contributed by atoms with van der Waals surface area (Å²) in [4.78, 5) is 7.35. The van der Waals surface area contributed by atoms with Crippen LogP contribution in [0.2, 0.25) is 0 Å². The maximum absolute atomic E-state index is 5.00. The van der Waals surface area contributed by atoms with Crippen LogP contribution in [0.1, 0.15) is 69.5 Å². The Labute approximate surface area is 439 Å². The smallest absolute Gasteiger partial charge is 0.0540 e. The Bertz CT molecular complexity index is 3650. The molecule has 2 atom stereocenters. The fraction of sp³-hybridized carbons (Fsp3) is 0.157. The highest BCUT2D eigenvalue weighted by atomic mass is 15.1. The van der Waals surface area contributed by atoms with E-state index < -0.39 is 0 Å². The molecule has 74 heavy (non-hydrogen) atoms. The number of allylic oxidation sites excluding steroid dienone is 6. The van der Waals surface area contributed by atoms with Gasteiger partial charge in [-0.1, -0.05) is 205 Å². The van der Waals surface area contributed by atoms with Crippen LogP contribution in [0.3, 0.4) is 0 Å². The summed E-state index contributed by atoms with van der Waals surface area (Å²) < 4.78 is 4.97. The van der Waals surface area contributed by atoms with Crippen molar-refractivity contribution in [3.63, 3.8) is 0 Å². The number of rotatable bonds is 15. The molecule has 2 unspecified atom stereocenters. The van der Waals surface area contributed by atoms with Crippen LogP contribution in [-0.4, -0.2) is 21.9 Å². The minimum atomic E-state index is 0. The Balaban J connectivity index is 0.00000222. The van der Waals surface area contributed by atoms with E-state index >= 15 is 0 Å². The molecular formula is C70H68N4. The highest BCUT2D eigenvalue weighted by Gasteiger charge is 2.26. The standard InChI is InChI=1S/C67H58N4.C2H6.CH4/c1-5-49(50-38-40-56(41-39-50)70(55-22-9-8-10-23-55)64-31-19-21-52-20-11-12-24-58(52)64)45-68-44-47(4)42-48-32-34-51(35-33-48)53-36-37-54(46-69-62(7-3)57(6-2)59-25-13-16-28-63(59)69)67(43-53)71-65-29-17-14-26-60(65)61-27-15-18-30-66(61)71;1-2;/h5-36,38-41,43,45,47,54H,2-3,37,42,44,46H2,1,4H3;1-2H3;1H4/b49-5+,68-45?;;. The van der Waals surface area contributed by atoms with Gasteiger partial charge in [0, 0.05) is 80.6 Å². The van der Waals surface area contributed by atoms with Gasteiger partial charge in [0.25, 0.3) is 0 Å². The van der Waals surface area contributed by atoms with Crippen LogP contribution in [0.15, 0.2) is 231 Å². The lowest BCUT2D eigenvalue weighted by molar-refractivity contribution is 0.542. The molecule has 0 aliphatic heterocycles. The summed E-state index contributed by atoms with van der Waals surface area (Å²) in [5.41, 5.74) is 16.7. The van der Waals surface area contributed by atoms with Crippen molar-refractivity contribution in [2.45, 2.75) is 54.5 Å². The first-order chi connectivity index (χ1) is 36.0. The van der Waals surface area contributed by atoms with Gasteiger partial charge in [0.15, 0.2) is 0 Å². The quantitative estimate of drug-likeness (QED) is 0.0940. The van der Waals surface area contributed by atoms with E-state index in [-0.39, 0.29) is 13.3 Å². The first kappa shape index (κ1) is 50.5. The molecule has 4 heteroatoms. The minimum absolute atomic E-state index is 0. The summed E-state index contributed by atoms with van der Waals surface area (Å²) in [6, 6.07) is 70.2. The molecule has 2 heterocycles. The molecule has 0 bridgehead atoms. The number of aromatic nitrogens is 2. The maximum Gasteiger partial charge on any atom is 0.0540 e. The zero-order valence-corrected chi connectivity index (χ0v) is 42.6. The molecular weight excluding hydrogens is 897 g/mol. The van der Waals surface area contributed by atoms with Crippen LogP contribution < -0.4 is 4.90 Å². The third-order valence-corrected chi connectivity index (χ3v) is 14.3. The molecule has 0 spiro atoms. The van der Waals surface area contributed by atoms with Crippen LogP contribution in [0.4, 0.5) is 17.1 Å². The van der Waals surface area contributed by atoms with Crippen LogP contribution in [0.5, 0.6) is 0 Å². The van der Waals surface area contributed by atoms with Crippen molar-refractivity contribution in [1.82, 2.24) is 9.13 Å². The van der Waals surface area contributed by atoms with Crippen LogP contribution in [-0.2, 0) is 13.0 Å². The van der Waals surface area contributed by atoms with Crippen molar-refractivity contribution >= 4 is 95.8 Å². The van der Waals surface area contributed by atoms with E-state index in [9.17, 15) is 0 Å². The summed E-state index contributed by atoms with van der Waals surface area (Å²) in [5.74, 6) is 0.583. The van der Waals surface area contributed by atoms with Gasteiger partial charge in [0.1, 0.15) is 0 Å². The van der Waals surface area contributed by atoms with E-state index in [0.717, 1.165) is 65.4 Å². The van der Waals surface area contributed by atoms with Crippen LogP contribution in [0.25, 0.3) is 72.5 Å². The second-order valence-electron chi connectivity index (χ2n) is 18.8. The summed E-state index contributed by atoms with van der Waals surface area (Å²) in [5, 5.41) is 6.19. The Hall–Kier alpha value is -8.47. The van der Waals surface area contributed by atoms with Gasteiger partial charge in [-0.25, -0.2) is 0 Å². The number of fused-ring (bicyclic) bond motifs is 5. The molecule has 4 nitrogen and oxygen atoms in total. The molecule has 0 saturated heterocycles. The minimum Gasteiger partial charge on any atom is -0.340 e. The predicted molar refractivity (Wildman–Crippen MR) is 325 cm³/mol. The molecule has 1 aliphatic carbocycles. The second kappa shape index (κ2) is 22.9. The first-order valence-corrected chi connectivity index (χ1v) is 26.0. The van der Waals surface area contributed by atoms with Crippen molar-refractivity contribution in [3.05, 3.63) is 253 Å². The van der Waals surface area contributed by atoms with Gasteiger partial charge in [-0.05, 0) is 120 Å². The normalized spacial score (nSPS) is 14.1. The number of aliphatic imine (C=N–C) groups is 1.